The van der Waals surface area contributed by atoms with Crippen LogP contribution in [0.25, 0.3) is 16.7 Å². The van der Waals surface area contributed by atoms with Crippen molar-refractivity contribution in [2.24, 2.45) is 0 Å². The number of rotatable bonds is 3. The van der Waals surface area contributed by atoms with E-state index in [2.05, 4.69) is 15.5 Å². The Labute approximate surface area is 161 Å². The van der Waals surface area contributed by atoms with Gasteiger partial charge in [0.2, 0.25) is 0 Å². The fourth-order valence-corrected chi connectivity index (χ4v) is 3.00. The van der Waals surface area contributed by atoms with E-state index < -0.39 is 0 Å². The maximum atomic E-state index is 12.5. The topological polar surface area (TPSA) is 59.8 Å². The summed E-state index contributed by atoms with van der Waals surface area (Å²) in [5, 5.41) is 12.7. The van der Waals surface area contributed by atoms with Crippen molar-refractivity contribution in [3.63, 3.8) is 0 Å². The number of aryl methyl sites for hydroxylation is 2. The van der Waals surface area contributed by atoms with Crippen molar-refractivity contribution < 1.29 is 4.79 Å². The van der Waals surface area contributed by atoms with Crippen molar-refractivity contribution in [1.29, 1.82) is 0 Å². The summed E-state index contributed by atoms with van der Waals surface area (Å²) < 4.78 is 0. The summed E-state index contributed by atoms with van der Waals surface area (Å²) in [5.74, 6) is -0.147. The second-order valence-electron chi connectivity index (χ2n) is 6.45. The molecule has 0 unspecified atom stereocenters. The van der Waals surface area contributed by atoms with Crippen molar-refractivity contribution in [3.05, 3.63) is 82.4 Å². The average molecular weight is 377 g/mol. The zero-order valence-electron chi connectivity index (χ0n) is 14.9. The number of fused-ring (bicyclic) bond motifs is 1. The molecule has 0 fully saturated rings. The van der Waals surface area contributed by atoms with E-state index in [-0.39, 0.29) is 5.91 Å². The van der Waals surface area contributed by atoms with Crippen LogP contribution in [0.1, 0.15) is 21.5 Å². The average Bonchev–Trinajstić information content (AvgIpc) is 3.05. The third kappa shape index (κ3) is 3.55. The largest absolute Gasteiger partial charge is 0.322 e. The number of hydrogen-bond acceptors (Lipinski definition) is 3. The molecule has 0 bridgehead atoms. The van der Waals surface area contributed by atoms with Gasteiger partial charge in [-0.3, -0.25) is 4.79 Å². The lowest BCUT2D eigenvalue weighted by Crippen LogP contribution is -2.12. The van der Waals surface area contributed by atoms with Gasteiger partial charge in [0, 0.05) is 16.3 Å². The number of carbonyl (C=O) groups excluding carboxylic acids is 1. The number of aromatic nitrogens is 3. The standard InChI is InChI=1S/C21H17ClN4O/c1-13-4-3-5-15(10-13)21(27)23-18-12-20-19(11-14(18)2)24-26(25-20)17-8-6-16(22)7-9-17/h3-12H,1-2H3,(H,23,27). The van der Waals surface area contributed by atoms with E-state index in [1.54, 1.807) is 23.0 Å². The van der Waals surface area contributed by atoms with E-state index in [0.717, 1.165) is 28.0 Å². The first-order valence-corrected chi connectivity index (χ1v) is 8.89. The summed E-state index contributed by atoms with van der Waals surface area (Å²) in [6.45, 7) is 3.90. The summed E-state index contributed by atoms with van der Waals surface area (Å²) in [4.78, 5) is 14.1. The molecule has 27 heavy (non-hydrogen) atoms. The predicted octanol–water partition coefficient (Wildman–Crippen LogP) is 4.94. The van der Waals surface area contributed by atoms with Crippen molar-refractivity contribution in [3.8, 4) is 5.69 Å². The minimum Gasteiger partial charge on any atom is -0.322 e. The Balaban J connectivity index is 1.67. The zero-order chi connectivity index (χ0) is 19.0. The summed E-state index contributed by atoms with van der Waals surface area (Å²) in [6.07, 6.45) is 0. The molecule has 0 aliphatic rings. The third-order valence-electron chi connectivity index (χ3n) is 4.31. The monoisotopic (exact) mass is 376 g/mol. The highest BCUT2D eigenvalue weighted by Gasteiger charge is 2.12. The molecule has 4 aromatic rings. The number of nitrogens with one attached hydrogen (secondary N) is 1. The Morgan fingerprint density at radius 3 is 2.37 bits per heavy atom. The van der Waals surface area contributed by atoms with Gasteiger partial charge < -0.3 is 5.32 Å². The van der Waals surface area contributed by atoms with E-state index in [1.165, 1.54) is 0 Å². The summed E-state index contributed by atoms with van der Waals surface area (Å²) >= 11 is 5.94. The number of carbonyl (C=O) groups is 1. The number of anilines is 1. The highest BCUT2D eigenvalue weighted by molar-refractivity contribution is 6.30. The lowest BCUT2D eigenvalue weighted by atomic mass is 10.1. The fraction of sp³-hybridized carbons (Fsp3) is 0.0952. The van der Waals surface area contributed by atoms with E-state index in [0.29, 0.717) is 16.1 Å². The van der Waals surface area contributed by atoms with Crippen LogP contribution in [-0.4, -0.2) is 20.9 Å². The Morgan fingerprint density at radius 1 is 0.963 bits per heavy atom. The maximum absolute atomic E-state index is 12.5. The van der Waals surface area contributed by atoms with Crippen LogP contribution in [0.5, 0.6) is 0 Å². The van der Waals surface area contributed by atoms with Crippen molar-refractivity contribution in [1.82, 2.24) is 15.0 Å². The zero-order valence-corrected chi connectivity index (χ0v) is 15.7. The number of amides is 1. The molecule has 0 spiro atoms. The van der Waals surface area contributed by atoms with Crippen LogP contribution in [-0.2, 0) is 0 Å². The van der Waals surface area contributed by atoms with Gasteiger partial charge in [-0.25, -0.2) is 0 Å². The molecule has 1 heterocycles. The van der Waals surface area contributed by atoms with Crippen LogP contribution in [0.4, 0.5) is 5.69 Å². The SMILES string of the molecule is Cc1cccc(C(=O)Nc2cc3nn(-c4ccc(Cl)cc4)nc3cc2C)c1. The lowest BCUT2D eigenvalue weighted by molar-refractivity contribution is 0.102. The molecule has 0 saturated heterocycles. The number of hydrogen-bond donors (Lipinski definition) is 1. The smallest absolute Gasteiger partial charge is 0.255 e. The number of benzene rings is 3. The Bertz CT molecular complexity index is 1150. The van der Waals surface area contributed by atoms with Gasteiger partial charge in [0.1, 0.15) is 11.0 Å². The van der Waals surface area contributed by atoms with Crippen LogP contribution in [0.2, 0.25) is 5.02 Å². The van der Waals surface area contributed by atoms with Gasteiger partial charge in [-0.1, -0.05) is 29.3 Å². The summed E-state index contributed by atoms with van der Waals surface area (Å²) in [7, 11) is 0. The minimum atomic E-state index is -0.147. The molecule has 5 nitrogen and oxygen atoms in total. The Morgan fingerprint density at radius 2 is 1.67 bits per heavy atom. The van der Waals surface area contributed by atoms with E-state index in [1.807, 2.05) is 56.3 Å². The molecule has 0 saturated carbocycles. The van der Waals surface area contributed by atoms with E-state index in [9.17, 15) is 4.79 Å². The van der Waals surface area contributed by atoms with Crippen LogP contribution in [0.3, 0.4) is 0 Å². The van der Waals surface area contributed by atoms with E-state index in [4.69, 9.17) is 11.6 Å². The van der Waals surface area contributed by atoms with Crippen LogP contribution in [0.15, 0.2) is 60.7 Å². The normalized spacial score (nSPS) is 10.9. The van der Waals surface area contributed by atoms with Gasteiger partial charge in [0.05, 0.1) is 5.69 Å². The second kappa shape index (κ2) is 6.85. The number of nitrogens with zero attached hydrogens (tertiary/aromatic N) is 3. The van der Waals surface area contributed by atoms with E-state index >= 15 is 0 Å². The van der Waals surface area contributed by atoms with Gasteiger partial charge in [-0.2, -0.15) is 4.80 Å². The minimum absolute atomic E-state index is 0.147. The molecule has 3 aromatic carbocycles. The van der Waals surface area contributed by atoms with Gasteiger partial charge in [-0.05, 0) is 67.9 Å². The first-order chi connectivity index (χ1) is 13.0. The first kappa shape index (κ1) is 17.2. The Hall–Kier alpha value is -3.18. The summed E-state index contributed by atoms with van der Waals surface area (Å²) in [6, 6.07) is 18.6. The molecule has 0 radical (unpaired) electrons. The fourth-order valence-electron chi connectivity index (χ4n) is 2.87. The van der Waals surface area contributed by atoms with Gasteiger partial charge >= 0.3 is 0 Å². The van der Waals surface area contributed by atoms with Gasteiger partial charge in [0.15, 0.2) is 0 Å². The first-order valence-electron chi connectivity index (χ1n) is 8.51. The molecule has 134 valence electrons. The second-order valence-corrected chi connectivity index (χ2v) is 6.88. The third-order valence-corrected chi connectivity index (χ3v) is 4.56. The molecule has 1 aromatic heterocycles. The lowest BCUT2D eigenvalue weighted by Gasteiger charge is -2.08. The number of halogens is 1. The van der Waals surface area contributed by atoms with Gasteiger partial charge in [-0.15, -0.1) is 10.2 Å². The van der Waals surface area contributed by atoms with Crippen LogP contribution >= 0.6 is 11.6 Å². The highest BCUT2D eigenvalue weighted by Crippen LogP contribution is 2.23. The maximum Gasteiger partial charge on any atom is 0.255 e. The van der Waals surface area contributed by atoms with Crippen LogP contribution in [0, 0.1) is 13.8 Å². The molecular formula is C21H17ClN4O. The van der Waals surface area contributed by atoms with Gasteiger partial charge in [0.25, 0.3) is 5.91 Å². The molecule has 4 rings (SSSR count). The summed E-state index contributed by atoms with van der Waals surface area (Å²) in [5.41, 5.74) is 5.59. The quantitative estimate of drug-likeness (QED) is 0.550. The van der Waals surface area contributed by atoms with Crippen molar-refractivity contribution in [2.75, 3.05) is 5.32 Å². The van der Waals surface area contributed by atoms with Crippen molar-refractivity contribution >= 4 is 34.2 Å². The Kier molecular flexibility index (Phi) is 4.38. The predicted molar refractivity (Wildman–Crippen MR) is 108 cm³/mol. The molecular weight excluding hydrogens is 360 g/mol. The van der Waals surface area contributed by atoms with Crippen LogP contribution < -0.4 is 5.32 Å². The highest BCUT2D eigenvalue weighted by atomic mass is 35.5. The van der Waals surface area contributed by atoms with Crippen molar-refractivity contribution in [2.45, 2.75) is 13.8 Å². The molecule has 6 heteroatoms. The molecule has 0 aliphatic carbocycles. The molecule has 0 aliphatic heterocycles. The molecule has 0 atom stereocenters. The molecule has 1 amide bonds. The molecule has 1 N–H and O–H groups in total.